The van der Waals surface area contributed by atoms with Crippen LogP contribution >= 0.6 is 0 Å². The molecule has 2 atom stereocenters. The van der Waals surface area contributed by atoms with Crippen molar-refractivity contribution in [2.45, 2.75) is 50.2 Å². The second-order valence-corrected chi connectivity index (χ2v) is 5.83. The molecule has 0 spiro atoms. The van der Waals surface area contributed by atoms with Gasteiger partial charge in [-0.2, -0.15) is 0 Å². The predicted octanol–water partition coefficient (Wildman–Crippen LogP) is 2.02. The lowest BCUT2D eigenvalue weighted by Crippen LogP contribution is -2.56. The van der Waals surface area contributed by atoms with Crippen LogP contribution in [0.15, 0.2) is 18.3 Å². The van der Waals surface area contributed by atoms with E-state index in [1.165, 1.54) is 11.3 Å². The van der Waals surface area contributed by atoms with Crippen LogP contribution < -0.4 is 5.73 Å². The SMILES string of the molecule is CCOC1(C(N)C2CCc3cccnc32)CCOCC1. The first-order chi connectivity index (χ1) is 9.77. The van der Waals surface area contributed by atoms with E-state index in [2.05, 4.69) is 11.1 Å². The standard InChI is InChI=1S/C16H24N2O2/c1-2-20-16(7-10-19-11-8-16)15(17)13-6-5-12-4-3-9-18-14(12)13/h3-4,9,13,15H,2,5-8,10-11,17H2,1H3. The normalized spacial score (nSPS) is 26.2. The van der Waals surface area contributed by atoms with Gasteiger partial charge in [-0.15, -0.1) is 0 Å². The average Bonchev–Trinajstić information content (AvgIpc) is 2.91. The molecule has 3 rings (SSSR count). The maximum atomic E-state index is 6.67. The van der Waals surface area contributed by atoms with E-state index < -0.39 is 0 Å². The monoisotopic (exact) mass is 276 g/mol. The summed E-state index contributed by atoms with van der Waals surface area (Å²) in [4.78, 5) is 4.58. The molecule has 4 heteroatoms. The summed E-state index contributed by atoms with van der Waals surface area (Å²) < 4.78 is 11.6. The topological polar surface area (TPSA) is 57.4 Å². The number of aromatic nitrogens is 1. The van der Waals surface area contributed by atoms with Gasteiger partial charge in [0, 0.05) is 56.5 Å². The van der Waals surface area contributed by atoms with Crippen molar-refractivity contribution in [3.8, 4) is 0 Å². The van der Waals surface area contributed by atoms with Crippen LogP contribution in [-0.4, -0.2) is 36.4 Å². The number of nitrogens with two attached hydrogens (primary N) is 1. The van der Waals surface area contributed by atoms with Crippen LogP contribution in [0, 0.1) is 0 Å². The van der Waals surface area contributed by atoms with Crippen molar-refractivity contribution in [3.63, 3.8) is 0 Å². The van der Waals surface area contributed by atoms with Crippen molar-refractivity contribution in [3.05, 3.63) is 29.6 Å². The van der Waals surface area contributed by atoms with Crippen LogP contribution in [0.3, 0.4) is 0 Å². The fourth-order valence-electron chi connectivity index (χ4n) is 3.74. The molecule has 2 heterocycles. The summed E-state index contributed by atoms with van der Waals surface area (Å²) in [7, 11) is 0. The zero-order valence-corrected chi connectivity index (χ0v) is 12.2. The molecule has 0 aromatic carbocycles. The van der Waals surface area contributed by atoms with Crippen LogP contribution in [0.5, 0.6) is 0 Å². The quantitative estimate of drug-likeness (QED) is 0.914. The summed E-state index contributed by atoms with van der Waals surface area (Å²) in [5.74, 6) is 0.316. The molecule has 1 aliphatic heterocycles. The maximum Gasteiger partial charge on any atom is 0.0882 e. The van der Waals surface area contributed by atoms with E-state index in [4.69, 9.17) is 15.2 Å². The van der Waals surface area contributed by atoms with Crippen LogP contribution in [0.2, 0.25) is 0 Å². The second-order valence-electron chi connectivity index (χ2n) is 5.83. The molecule has 1 fully saturated rings. The van der Waals surface area contributed by atoms with Crippen LogP contribution in [0.1, 0.15) is 43.4 Å². The lowest BCUT2D eigenvalue weighted by atomic mass is 9.78. The van der Waals surface area contributed by atoms with Gasteiger partial charge in [-0.05, 0) is 31.4 Å². The highest BCUT2D eigenvalue weighted by Crippen LogP contribution is 2.40. The number of hydrogen-bond donors (Lipinski definition) is 1. The molecular formula is C16H24N2O2. The lowest BCUT2D eigenvalue weighted by Gasteiger charge is -2.43. The van der Waals surface area contributed by atoms with Gasteiger partial charge in [0.15, 0.2) is 0 Å². The number of rotatable bonds is 4. The Morgan fingerprint density at radius 1 is 1.50 bits per heavy atom. The number of pyridine rings is 1. The molecule has 1 saturated heterocycles. The van der Waals surface area contributed by atoms with E-state index in [0.29, 0.717) is 12.5 Å². The van der Waals surface area contributed by atoms with Gasteiger partial charge in [0.2, 0.25) is 0 Å². The molecule has 1 aromatic heterocycles. The molecule has 2 unspecified atom stereocenters. The molecule has 2 aliphatic rings. The first-order valence-corrected chi connectivity index (χ1v) is 7.68. The van der Waals surface area contributed by atoms with Crippen molar-refractivity contribution < 1.29 is 9.47 Å². The van der Waals surface area contributed by atoms with E-state index >= 15 is 0 Å². The Morgan fingerprint density at radius 2 is 2.30 bits per heavy atom. The van der Waals surface area contributed by atoms with E-state index in [0.717, 1.165) is 38.9 Å². The fourth-order valence-corrected chi connectivity index (χ4v) is 3.74. The second kappa shape index (κ2) is 5.80. The Hall–Kier alpha value is -0.970. The van der Waals surface area contributed by atoms with Crippen molar-refractivity contribution in [2.24, 2.45) is 5.73 Å². The molecule has 0 radical (unpaired) electrons. The third kappa shape index (κ3) is 2.36. The minimum absolute atomic E-state index is 0.00231. The summed E-state index contributed by atoms with van der Waals surface area (Å²) in [6.07, 6.45) is 5.83. The third-order valence-corrected chi connectivity index (χ3v) is 4.81. The van der Waals surface area contributed by atoms with Crippen molar-refractivity contribution in [1.82, 2.24) is 4.98 Å². The minimum atomic E-state index is -0.239. The Labute approximate surface area is 120 Å². The van der Waals surface area contributed by atoms with Gasteiger partial charge < -0.3 is 15.2 Å². The summed E-state index contributed by atoms with van der Waals surface area (Å²) in [6.45, 7) is 4.24. The molecule has 2 N–H and O–H groups in total. The summed E-state index contributed by atoms with van der Waals surface area (Å²) >= 11 is 0. The maximum absolute atomic E-state index is 6.67. The van der Waals surface area contributed by atoms with Gasteiger partial charge in [0.25, 0.3) is 0 Å². The summed E-state index contributed by atoms with van der Waals surface area (Å²) in [6, 6.07) is 4.19. The highest BCUT2D eigenvalue weighted by Gasteiger charge is 2.45. The van der Waals surface area contributed by atoms with E-state index in [1.807, 2.05) is 19.2 Å². The molecule has 20 heavy (non-hydrogen) atoms. The lowest BCUT2D eigenvalue weighted by molar-refractivity contribution is -0.124. The zero-order chi connectivity index (χ0) is 14.0. The van der Waals surface area contributed by atoms with Crippen LogP contribution in [0.4, 0.5) is 0 Å². The first-order valence-electron chi connectivity index (χ1n) is 7.68. The van der Waals surface area contributed by atoms with Gasteiger partial charge in [-0.1, -0.05) is 6.07 Å². The Kier molecular flexibility index (Phi) is 4.06. The van der Waals surface area contributed by atoms with Gasteiger partial charge in [-0.25, -0.2) is 0 Å². The van der Waals surface area contributed by atoms with Gasteiger partial charge in [-0.3, -0.25) is 4.98 Å². The molecular weight excluding hydrogens is 252 g/mol. The zero-order valence-electron chi connectivity index (χ0n) is 12.2. The molecule has 0 amide bonds. The minimum Gasteiger partial charge on any atom is -0.381 e. The largest absolute Gasteiger partial charge is 0.381 e. The van der Waals surface area contributed by atoms with Gasteiger partial charge in [0.05, 0.1) is 5.60 Å². The van der Waals surface area contributed by atoms with E-state index in [1.54, 1.807) is 0 Å². The van der Waals surface area contributed by atoms with Crippen molar-refractivity contribution >= 4 is 0 Å². The highest BCUT2D eigenvalue weighted by atomic mass is 16.5. The summed E-state index contributed by atoms with van der Waals surface area (Å²) in [5, 5.41) is 0. The number of nitrogens with zero attached hydrogens (tertiary/aromatic N) is 1. The molecule has 110 valence electrons. The van der Waals surface area contributed by atoms with Gasteiger partial charge >= 0.3 is 0 Å². The van der Waals surface area contributed by atoms with Crippen molar-refractivity contribution in [1.29, 1.82) is 0 Å². The van der Waals surface area contributed by atoms with E-state index in [9.17, 15) is 0 Å². The fraction of sp³-hybridized carbons (Fsp3) is 0.688. The number of aryl methyl sites for hydroxylation is 1. The predicted molar refractivity (Wildman–Crippen MR) is 77.7 cm³/mol. The Balaban J connectivity index is 1.85. The molecule has 4 nitrogen and oxygen atoms in total. The van der Waals surface area contributed by atoms with Gasteiger partial charge in [0.1, 0.15) is 0 Å². The number of fused-ring (bicyclic) bond motifs is 1. The molecule has 1 aromatic rings. The molecule has 0 saturated carbocycles. The Bertz CT molecular complexity index is 452. The van der Waals surface area contributed by atoms with E-state index in [-0.39, 0.29) is 11.6 Å². The number of ether oxygens (including phenoxy) is 2. The molecule has 0 bridgehead atoms. The highest BCUT2D eigenvalue weighted by molar-refractivity contribution is 5.31. The average molecular weight is 276 g/mol. The smallest absolute Gasteiger partial charge is 0.0882 e. The first kappa shape index (κ1) is 14.0. The third-order valence-electron chi connectivity index (χ3n) is 4.81. The van der Waals surface area contributed by atoms with Crippen molar-refractivity contribution in [2.75, 3.05) is 19.8 Å². The number of hydrogen-bond acceptors (Lipinski definition) is 4. The Morgan fingerprint density at radius 3 is 3.05 bits per heavy atom. The summed E-state index contributed by atoms with van der Waals surface area (Å²) in [5.41, 5.74) is 8.97. The van der Waals surface area contributed by atoms with Crippen LogP contribution in [-0.2, 0) is 15.9 Å². The molecule has 1 aliphatic carbocycles. The van der Waals surface area contributed by atoms with Crippen LogP contribution in [0.25, 0.3) is 0 Å².